The van der Waals surface area contributed by atoms with Crippen LogP contribution < -0.4 is 0 Å². The number of hydrogen-bond donors (Lipinski definition) is 0. The molecule has 0 saturated carbocycles. The molecule has 0 atom stereocenters. The zero-order valence-electron chi connectivity index (χ0n) is 14.0. The summed E-state index contributed by atoms with van der Waals surface area (Å²) in [6, 6.07) is 8.77. The minimum absolute atomic E-state index is 0.727. The first kappa shape index (κ1) is 15.1. The molecule has 0 N–H and O–H groups in total. The van der Waals surface area contributed by atoms with Gasteiger partial charge in [0.1, 0.15) is 5.69 Å². The van der Waals surface area contributed by atoms with Crippen molar-refractivity contribution in [3.05, 3.63) is 54.0 Å². The Balaban J connectivity index is 1.47. The molecule has 0 radical (unpaired) electrons. The molecule has 3 heterocycles. The normalized spacial score (nSPS) is 15.2. The molecule has 2 aromatic heterocycles. The van der Waals surface area contributed by atoms with Crippen LogP contribution in [0.25, 0.3) is 11.5 Å². The predicted octanol–water partition coefficient (Wildman–Crippen LogP) is 2.32. The molecule has 1 fully saturated rings. The number of nitrogens with zero attached hydrogens (tertiary/aromatic N) is 6. The topological polar surface area (TPSA) is 51.8 Å². The van der Waals surface area contributed by atoms with E-state index >= 15 is 0 Å². The van der Waals surface area contributed by atoms with Gasteiger partial charge in [0, 0.05) is 26.0 Å². The minimum atomic E-state index is 0.727. The van der Waals surface area contributed by atoms with Crippen molar-refractivity contribution in [2.45, 2.75) is 25.9 Å². The van der Waals surface area contributed by atoms with Gasteiger partial charge in [-0.2, -0.15) is 0 Å². The summed E-state index contributed by atoms with van der Waals surface area (Å²) in [4.78, 5) is 6.84. The van der Waals surface area contributed by atoms with Crippen LogP contribution in [-0.2, 0) is 20.1 Å². The molecule has 1 aliphatic rings. The minimum Gasteiger partial charge on any atom is -0.333 e. The third kappa shape index (κ3) is 3.23. The van der Waals surface area contributed by atoms with Crippen LogP contribution in [0, 0.1) is 0 Å². The SMILES string of the molecule is Cn1ccnc1-c1cn(Cc2cccc(CN3CCCC3)c2)nn1. The summed E-state index contributed by atoms with van der Waals surface area (Å²) < 4.78 is 3.82. The van der Waals surface area contributed by atoms with E-state index in [9.17, 15) is 0 Å². The lowest BCUT2D eigenvalue weighted by molar-refractivity contribution is 0.331. The van der Waals surface area contributed by atoms with Gasteiger partial charge in [-0.15, -0.1) is 5.10 Å². The Labute approximate surface area is 141 Å². The molecule has 0 amide bonds. The van der Waals surface area contributed by atoms with E-state index in [4.69, 9.17) is 0 Å². The molecule has 0 aliphatic carbocycles. The molecule has 124 valence electrons. The fraction of sp³-hybridized carbons (Fsp3) is 0.389. The monoisotopic (exact) mass is 322 g/mol. The van der Waals surface area contributed by atoms with E-state index in [0.29, 0.717) is 0 Å². The maximum absolute atomic E-state index is 4.32. The fourth-order valence-corrected chi connectivity index (χ4v) is 3.30. The molecule has 1 saturated heterocycles. The Bertz CT molecular complexity index is 812. The smallest absolute Gasteiger partial charge is 0.161 e. The van der Waals surface area contributed by atoms with Crippen LogP contribution in [0.5, 0.6) is 0 Å². The second-order valence-electron chi connectivity index (χ2n) is 6.47. The van der Waals surface area contributed by atoms with Gasteiger partial charge >= 0.3 is 0 Å². The number of imidazole rings is 1. The third-order valence-corrected chi connectivity index (χ3v) is 4.53. The largest absolute Gasteiger partial charge is 0.333 e. The Morgan fingerprint density at radius 2 is 1.88 bits per heavy atom. The lowest BCUT2D eigenvalue weighted by Crippen LogP contribution is -2.18. The van der Waals surface area contributed by atoms with Crippen LogP contribution in [-0.4, -0.2) is 42.5 Å². The summed E-state index contributed by atoms with van der Waals surface area (Å²) in [6.45, 7) is 4.22. The van der Waals surface area contributed by atoms with Crippen LogP contribution in [0.2, 0.25) is 0 Å². The highest BCUT2D eigenvalue weighted by atomic mass is 15.4. The molecule has 1 aromatic carbocycles. The van der Waals surface area contributed by atoms with E-state index in [1.165, 1.54) is 37.1 Å². The Morgan fingerprint density at radius 3 is 2.62 bits per heavy atom. The van der Waals surface area contributed by atoms with Gasteiger partial charge in [-0.3, -0.25) is 4.90 Å². The highest BCUT2D eigenvalue weighted by Gasteiger charge is 2.12. The van der Waals surface area contributed by atoms with Crippen molar-refractivity contribution < 1.29 is 0 Å². The van der Waals surface area contributed by atoms with Crippen molar-refractivity contribution >= 4 is 0 Å². The molecule has 6 nitrogen and oxygen atoms in total. The van der Waals surface area contributed by atoms with Gasteiger partial charge in [0.2, 0.25) is 0 Å². The van der Waals surface area contributed by atoms with Crippen LogP contribution in [0.3, 0.4) is 0 Å². The van der Waals surface area contributed by atoms with Gasteiger partial charge in [0.05, 0.1) is 12.7 Å². The van der Waals surface area contributed by atoms with Crippen LogP contribution >= 0.6 is 0 Å². The van der Waals surface area contributed by atoms with Crippen molar-refractivity contribution in [2.75, 3.05) is 13.1 Å². The number of aryl methyl sites for hydroxylation is 1. The lowest BCUT2D eigenvalue weighted by atomic mass is 10.1. The standard InChI is InChI=1S/C18H22N6/c1-22-10-7-19-18(22)17-14-24(21-20-17)13-16-6-4-5-15(11-16)12-23-8-2-3-9-23/h4-7,10-11,14H,2-3,8-9,12-13H2,1H3. The van der Waals surface area contributed by atoms with Gasteiger partial charge in [-0.25, -0.2) is 9.67 Å². The molecule has 0 unspecified atom stereocenters. The average molecular weight is 322 g/mol. The number of likely N-dealkylation sites (tertiary alicyclic amines) is 1. The van der Waals surface area contributed by atoms with E-state index < -0.39 is 0 Å². The van der Waals surface area contributed by atoms with Gasteiger partial charge < -0.3 is 4.57 Å². The zero-order chi connectivity index (χ0) is 16.4. The summed E-state index contributed by atoms with van der Waals surface area (Å²) in [5.74, 6) is 0.837. The second-order valence-corrected chi connectivity index (χ2v) is 6.47. The van der Waals surface area contributed by atoms with Gasteiger partial charge in [0.15, 0.2) is 5.82 Å². The van der Waals surface area contributed by atoms with Crippen molar-refractivity contribution in [1.29, 1.82) is 0 Å². The van der Waals surface area contributed by atoms with Crippen molar-refractivity contribution in [1.82, 2.24) is 29.4 Å². The first-order valence-corrected chi connectivity index (χ1v) is 8.46. The average Bonchev–Trinajstić information content (AvgIpc) is 3.30. The molecule has 0 spiro atoms. The van der Waals surface area contributed by atoms with Gasteiger partial charge in [-0.1, -0.05) is 29.5 Å². The first-order chi connectivity index (χ1) is 11.8. The highest BCUT2D eigenvalue weighted by Crippen LogP contribution is 2.16. The molecule has 4 rings (SSSR count). The number of rotatable bonds is 5. The van der Waals surface area contributed by atoms with E-state index in [1.54, 1.807) is 6.20 Å². The summed E-state index contributed by atoms with van der Waals surface area (Å²) in [7, 11) is 1.96. The Morgan fingerprint density at radius 1 is 1.08 bits per heavy atom. The highest BCUT2D eigenvalue weighted by molar-refractivity contribution is 5.47. The third-order valence-electron chi connectivity index (χ3n) is 4.53. The van der Waals surface area contributed by atoms with E-state index in [-0.39, 0.29) is 0 Å². The number of aromatic nitrogens is 5. The van der Waals surface area contributed by atoms with Gasteiger partial charge in [-0.05, 0) is 37.1 Å². The summed E-state index contributed by atoms with van der Waals surface area (Å²) >= 11 is 0. The maximum Gasteiger partial charge on any atom is 0.161 e. The van der Waals surface area contributed by atoms with Crippen molar-refractivity contribution in [3.8, 4) is 11.5 Å². The van der Waals surface area contributed by atoms with E-state index in [0.717, 1.165) is 24.6 Å². The molecule has 3 aromatic rings. The molecule has 1 aliphatic heterocycles. The second kappa shape index (κ2) is 6.57. The van der Waals surface area contributed by atoms with Crippen LogP contribution in [0.1, 0.15) is 24.0 Å². The molecule has 6 heteroatoms. The van der Waals surface area contributed by atoms with Gasteiger partial charge in [0.25, 0.3) is 0 Å². The molecule has 24 heavy (non-hydrogen) atoms. The Kier molecular flexibility index (Phi) is 4.13. The lowest BCUT2D eigenvalue weighted by Gasteiger charge is -2.15. The fourth-order valence-electron chi connectivity index (χ4n) is 3.30. The summed E-state index contributed by atoms with van der Waals surface area (Å²) in [5, 5.41) is 8.49. The van der Waals surface area contributed by atoms with E-state index in [1.807, 2.05) is 28.7 Å². The first-order valence-electron chi connectivity index (χ1n) is 8.46. The molecule has 0 bridgehead atoms. The zero-order valence-corrected chi connectivity index (χ0v) is 14.0. The Hall–Kier alpha value is -2.47. The number of hydrogen-bond acceptors (Lipinski definition) is 4. The van der Waals surface area contributed by atoms with Crippen molar-refractivity contribution in [2.24, 2.45) is 7.05 Å². The predicted molar refractivity (Wildman–Crippen MR) is 92.3 cm³/mol. The maximum atomic E-state index is 4.32. The van der Waals surface area contributed by atoms with E-state index in [2.05, 4.69) is 44.5 Å². The van der Waals surface area contributed by atoms with Crippen LogP contribution in [0.15, 0.2) is 42.9 Å². The number of benzene rings is 1. The molecular formula is C18H22N6. The van der Waals surface area contributed by atoms with Crippen LogP contribution in [0.4, 0.5) is 0 Å². The summed E-state index contributed by atoms with van der Waals surface area (Å²) in [6.07, 6.45) is 8.30. The molecular weight excluding hydrogens is 300 g/mol. The van der Waals surface area contributed by atoms with Crippen molar-refractivity contribution in [3.63, 3.8) is 0 Å². The summed E-state index contributed by atoms with van der Waals surface area (Å²) in [5.41, 5.74) is 3.43. The quantitative estimate of drug-likeness (QED) is 0.723.